The first kappa shape index (κ1) is 28.7. The van der Waals surface area contributed by atoms with E-state index in [2.05, 4.69) is 75.9 Å². The molecule has 8 heteroatoms. The summed E-state index contributed by atoms with van der Waals surface area (Å²) in [7, 11) is 2.78. The smallest absolute Gasteiger partial charge is 0.326 e. The molecule has 1 aliphatic carbocycles. The first-order valence-electron chi connectivity index (χ1n) is 13.2. The molecule has 1 aliphatic heterocycles. The van der Waals surface area contributed by atoms with Gasteiger partial charge in [0, 0.05) is 17.8 Å². The van der Waals surface area contributed by atoms with Gasteiger partial charge in [-0.1, -0.05) is 50.0 Å². The standard InChI is InChI=1S/C28H47N3O4Si/c1-22(36(7,8)9)34-21-31-25(33)30(19-24(32)35-26(2,3)4)20-27(31)15-17-28(18-16-27,29(5)6)23-13-11-10-12-14-23/h10-14,22H,15-21H2,1-9H3. The summed E-state index contributed by atoms with van der Waals surface area (Å²) in [5, 5.41) is 0. The van der Waals surface area contributed by atoms with Crippen molar-refractivity contribution in [3.8, 4) is 0 Å². The maximum Gasteiger partial charge on any atom is 0.326 e. The van der Waals surface area contributed by atoms with Crippen molar-refractivity contribution in [2.24, 2.45) is 0 Å². The van der Waals surface area contributed by atoms with Crippen LogP contribution >= 0.6 is 0 Å². The van der Waals surface area contributed by atoms with Crippen molar-refractivity contribution >= 4 is 20.1 Å². The van der Waals surface area contributed by atoms with Crippen LogP contribution in [-0.2, 0) is 19.8 Å². The quantitative estimate of drug-likeness (QED) is 0.356. The number of ether oxygens (including phenoxy) is 2. The summed E-state index contributed by atoms with van der Waals surface area (Å²) in [6, 6.07) is 10.6. The molecule has 0 radical (unpaired) electrons. The summed E-state index contributed by atoms with van der Waals surface area (Å²) < 4.78 is 11.9. The SMILES string of the molecule is CC(OCN1C(=O)N(CC(=O)OC(C)(C)C)CC12CCC(c1ccccc1)(N(C)C)CC2)[Si](C)(C)C. The normalized spacial score (nSPS) is 26.1. The lowest BCUT2D eigenvalue weighted by atomic mass is 9.68. The first-order chi connectivity index (χ1) is 16.6. The van der Waals surface area contributed by atoms with Gasteiger partial charge in [-0.25, -0.2) is 4.79 Å². The summed E-state index contributed by atoms with van der Waals surface area (Å²) in [6.45, 7) is 15.2. The number of benzene rings is 1. The number of hydrogen-bond acceptors (Lipinski definition) is 5. The highest BCUT2D eigenvalue weighted by atomic mass is 28.3. The van der Waals surface area contributed by atoms with E-state index < -0.39 is 13.7 Å². The van der Waals surface area contributed by atoms with E-state index in [-0.39, 0.29) is 42.1 Å². The van der Waals surface area contributed by atoms with Gasteiger partial charge in [-0.2, -0.15) is 0 Å². The van der Waals surface area contributed by atoms with Crippen molar-refractivity contribution in [2.45, 2.75) is 95.4 Å². The number of carbonyl (C=O) groups is 2. The van der Waals surface area contributed by atoms with Crippen molar-refractivity contribution in [1.29, 1.82) is 0 Å². The molecule has 1 aromatic rings. The summed E-state index contributed by atoms with van der Waals surface area (Å²) in [4.78, 5) is 32.2. The monoisotopic (exact) mass is 517 g/mol. The lowest BCUT2D eigenvalue weighted by Gasteiger charge is -2.51. The molecule has 1 spiro atoms. The number of hydrogen-bond donors (Lipinski definition) is 0. The molecule has 1 heterocycles. The largest absolute Gasteiger partial charge is 0.459 e. The molecule has 2 aliphatic rings. The molecule has 0 N–H and O–H groups in total. The minimum absolute atomic E-state index is 0.0323. The zero-order chi connectivity index (χ0) is 26.9. The van der Waals surface area contributed by atoms with Gasteiger partial charge in [0.05, 0.1) is 13.6 Å². The van der Waals surface area contributed by atoms with Crippen molar-refractivity contribution < 1.29 is 19.1 Å². The van der Waals surface area contributed by atoms with Gasteiger partial charge in [-0.05, 0) is 73.0 Å². The molecule has 1 saturated heterocycles. The fraction of sp³-hybridized carbons (Fsp3) is 0.714. The maximum absolute atomic E-state index is 13.7. The Morgan fingerprint density at radius 3 is 2.17 bits per heavy atom. The Morgan fingerprint density at radius 2 is 1.67 bits per heavy atom. The molecule has 1 atom stereocenters. The van der Waals surface area contributed by atoms with Crippen LogP contribution in [0.25, 0.3) is 0 Å². The van der Waals surface area contributed by atoms with Crippen LogP contribution in [0.15, 0.2) is 30.3 Å². The van der Waals surface area contributed by atoms with Crippen LogP contribution in [0.4, 0.5) is 4.79 Å². The van der Waals surface area contributed by atoms with E-state index in [0.717, 1.165) is 25.7 Å². The zero-order valence-electron chi connectivity index (χ0n) is 23.9. The molecular weight excluding hydrogens is 470 g/mol. The Hall–Kier alpha value is -1.90. The number of urea groups is 1. The van der Waals surface area contributed by atoms with Crippen LogP contribution in [0.3, 0.4) is 0 Å². The summed E-state index contributed by atoms with van der Waals surface area (Å²) >= 11 is 0. The number of rotatable bonds is 8. The van der Waals surface area contributed by atoms with Gasteiger partial charge in [-0.3, -0.25) is 14.6 Å². The van der Waals surface area contributed by atoms with E-state index in [0.29, 0.717) is 6.54 Å². The number of carbonyl (C=O) groups excluding carboxylic acids is 2. The Bertz CT molecular complexity index is 915. The third-order valence-corrected chi connectivity index (χ3v) is 10.8. The van der Waals surface area contributed by atoms with Gasteiger partial charge in [0.15, 0.2) is 0 Å². The number of nitrogens with zero attached hydrogens (tertiary/aromatic N) is 3. The average Bonchev–Trinajstić information content (AvgIpc) is 3.01. The molecule has 2 amide bonds. The molecule has 1 unspecified atom stereocenters. The fourth-order valence-corrected chi connectivity index (χ4v) is 6.04. The topological polar surface area (TPSA) is 62.3 Å². The highest BCUT2D eigenvalue weighted by Gasteiger charge is 2.55. The van der Waals surface area contributed by atoms with E-state index in [1.807, 2.05) is 25.7 Å². The van der Waals surface area contributed by atoms with E-state index >= 15 is 0 Å². The van der Waals surface area contributed by atoms with Crippen LogP contribution in [0.1, 0.15) is 58.9 Å². The van der Waals surface area contributed by atoms with Crippen LogP contribution < -0.4 is 0 Å². The van der Waals surface area contributed by atoms with E-state index in [1.54, 1.807) is 4.90 Å². The molecule has 1 aromatic carbocycles. The Kier molecular flexibility index (Phi) is 8.33. The second-order valence-corrected chi connectivity index (χ2v) is 18.5. The molecule has 202 valence electrons. The summed E-state index contributed by atoms with van der Waals surface area (Å²) in [5.74, 6) is -0.369. The highest BCUT2D eigenvalue weighted by molar-refractivity contribution is 6.77. The van der Waals surface area contributed by atoms with Crippen molar-refractivity contribution in [3.05, 3.63) is 35.9 Å². The molecule has 0 aromatic heterocycles. The average molecular weight is 518 g/mol. The summed E-state index contributed by atoms with van der Waals surface area (Å²) in [6.07, 6.45) is 3.55. The minimum atomic E-state index is -1.52. The predicted octanol–water partition coefficient (Wildman–Crippen LogP) is 5.08. The molecule has 7 nitrogen and oxygen atoms in total. The van der Waals surface area contributed by atoms with Crippen molar-refractivity contribution in [2.75, 3.05) is 33.9 Å². The van der Waals surface area contributed by atoms with Crippen LogP contribution in [0.5, 0.6) is 0 Å². The highest BCUT2D eigenvalue weighted by Crippen LogP contribution is 2.49. The third kappa shape index (κ3) is 6.14. The van der Waals surface area contributed by atoms with Gasteiger partial charge in [0.2, 0.25) is 0 Å². The van der Waals surface area contributed by atoms with Gasteiger partial charge >= 0.3 is 12.0 Å². The van der Waals surface area contributed by atoms with Crippen LogP contribution in [0.2, 0.25) is 19.6 Å². The van der Waals surface area contributed by atoms with Crippen molar-refractivity contribution in [1.82, 2.24) is 14.7 Å². The zero-order valence-corrected chi connectivity index (χ0v) is 24.9. The van der Waals surface area contributed by atoms with E-state index in [1.165, 1.54) is 5.56 Å². The van der Waals surface area contributed by atoms with E-state index in [9.17, 15) is 9.59 Å². The summed E-state index contributed by atoms with van der Waals surface area (Å²) in [5.41, 5.74) is 0.420. The van der Waals surface area contributed by atoms with Gasteiger partial charge < -0.3 is 14.4 Å². The Morgan fingerprint density at radius 1 is 1.08 bits per heavy atom. The molecule has 2 fully saturated rings. The predicted molar refractivity (Wildman–Crippen MR) is 146 cm³/mol. The van der Waals surface area contributed by atoms with E-state index in [4.69, 9.17) is 9.47 Å². The third-order valence-electron chi connectivity index (χ3n) is 8.15. The second-order valence-electron chi connectivity index (χ2n) is 13.0. The molecule has 3 rings (SSSR count). The maximum atomic E-state index is 13.7. The van der Waals surface area contributed by atoms with Gasteiger partial charge in [-0.15, -0.1) is 0 Å². The second kappa shape index (κ2) is 10.5. The number of amides is 2. The Balaban J connectivity index is 1.85. The first-order valence-corrected chi connectivity index (χ1v) is 16.8. The van der Waals surface area contributed by atoms with Crippen LogP contribution in [0, 0.1) is 0 Å². The Labute approximate surface area is 219 Å². The molecule has 0 bridgehead atoms. The van der Waals surface area contributed by atoms with Crippen molar-refractivity contribution in [3.63, 3.8) is 0 Å². The minimum Gasteiger partial charge on any atom is -0.459 e. The molecule has 36 heavy (non-hydrogen) atoms. The molecular formula is C28H47N3O4Si. The fourth-order valence-electron chi connectivity index (χ4n) is 5.46. The lowest BCUT2D eigenvalue weighted by molar-refractivity contribution is -0.155. The van der Waals surface area contributed by atoms with Gasteiger partial charge in [0.25, 0.3) is 0 Å². The van der Waals surface area contributed by atoms with Crippen LogP contribution in [-0.4, -0.2) is 85.6 Å². The molecule has 1 saturated carbocycles. The van der Waals surface area contributed by atoms with Gasteiger partial charge in [0.1, 0.15) is 18.9 Å². The number of esters is 1. The lowest BCUT2D eigenvalue weighted by Crippen LogP contribution is -2.56.